The van der Waals surface area contributed by atoms with E-state index in [2.05, 4.69) is 10.0 Å². The molecule has 0 spiro atoms. The smallest absolute Gasteiger partial charge is 0.324 e. The summed E-state index contributed by atoms with van der Waals surface area (Å²) in [6, 6.07) is -1.43. The third kappa shape index (κ3) is 4.39. The van der Waals surface area contributed by atoms with E-state index in [9.17, 15) is 14.4 Å². The molecule has 1 fully saturated rings. The third-order valence-corrected chi connectivity index (χ3v) is 3.47. The zero-order chi connectivity index (χ0) is 14.6. The number of urea groups is 1. The SMILES string of the molecule is CC(C)OC(=O)[C@H](C)NSC[C@H]1NC(=O)N(C)C1=O. The Labute approximate surface area is 116 Å². The molecular formula is C11H19N3O4S. The molecule has 1 saturated heterocycles. The Bertz CT molecular complexity index is 375. The number of imide groups is 1. The molecule has 7 nitrogen and oxygen atoms in total. The van der Waals surface area contributed by atoms with E-state index in [1.165, 1.54) is 19.0 Å². The number of nitrogens with zero attached hydrogens (tertiary/aromatic N) is 1. The van der Waals surface area contributed by atoms with Gasteiger partial charge >= 0.3 is 12.0 Å². The van der Waals surface area contributed by atoms with Gasteiger partial charge in [-0.15, -0.1) is 0 Å². The second-order valence-corrected chi connectivity index (χ2v) is 5.39. The van der Waals surface area contributed by atoms with Gasteiger partial charge in [0, 0.05) is 12.8 Å². The zero-order valence-electron chi connectivity index (χ0n) is 11.4. The van der Waals surface area contributed by atoms with Crippen molar-refractivity contribution < 1.29 is 19.1 Å². The third-order valence-electron chi connectivity index (χ3n) is 2.45. The van der Waals surface area contributed by atoms with E-state index in [-0.39, 0.29) is 18.0 Å². The van der Waals surface area contributed by atoms with Crippen LogP contribution in [0.3, 0.4) is 0 Å². The normalized spacial score (nSPS) is 20.7. The van der Waals surface area contributed by atoms with Crippen LogP contribution in [0.1, 0.15) is 20.8 Å². The summed E-state index contributed by atoms with van der Waals surface area (Å²) in [5.74, 6) is -0.257. The molecule has 0 radical (unpaired) electrons. The summed E-state index contributed by atoms with van der Waals surface area (Å²) >= 11 is 1.21. The maximum atomic E-state index is 11.6. The number of nitrogens with one attached hydrogen (secondary N) is 2. The van der Waals surface area contributed by atoms with Crippen molar-refractivity contribution in [1.82, 2.24) is 14.9 Å². The molecule has 3 amide bonds. The van der Waals surface area contributed by atoms with E-state index in [1.54, 1.807) is 20.8 Å². The lowest BCUT2D eigenvalue weighted by molar-refractivity contribution is -0.148. The minimum absolute atomic E-state index is 0.161. The van der Waals surface area contributed by atoms with E-state index < -0.39 is 18.1 Å². The van der Waals surface area contributed by atoms with Gasteiger partial charge in [0.15, 0.2) is 0 Å². The first-order valence-corrected chi connectivity index (χ1v) is 6.97. The van der Waals surface area contributed by atoms with Gasteiger partial charge in [-0.3, -0.25) is 19.2 Å². The Morgan fingerprint density at radius 2 is 2.11 bits per heavy atom. The van der Waals surface area contributed by atoms with E-state index >= 15 is 0 Å². The monoisotopic (exact) mass is 289 g/mol. The molecule has 1 aliphatic rings. The van der Waals surface area contributed by atoms with Crippen LogP contribution in [0.5, 0.6) is 0 Å². The van der Waals surface area contributed by atoms with Crippen LogP contribution in [0.15, 0.2) is 0 Å². The van der Waals surface area contributed by atoms with Crippen molar-refractivity contribution in [3.05, 3.63) is 0 Å². The molecule has 1 heterocycles. The van der Waals surface area contributed by atoms with Crippen LogP contribution in [0, 0.1) is 0 Å². The summed E-state index contributed by atoms with van der Waals surface area (Å²) in [4.78, 5) is 35.3. The first-order valence-electron chi connectivity index (χ1n) is 5.98. The lowest BCUT2D eigenvalue weighted by Crippen LogP contribution is -2.36. The van der Waals surface area contributed by atoms with E-state index in [0.29, 0.717) is 5.75 Å². The molecule has 0 aromatic carbocycles. The van der Waals surface area contributed by atoms with Gasteiger partial charge < -0.3 is 10.1 Å². The van der Waals surface area contributed by atoms with Gasteiger partial charge in [-0.2, -0.15) is 0 Å². The molecule has 2 N–H and O–H groups in total. The first-order chi connectivity index (χ1) is 8.82. The quantitative estimate of drug-likeness (QED) is 0.410. The zero-order valence-corrected chi connectivity index (χ0v) is 12.2. The summed E-state index contributed by atoms with van der Waals surface area (Å²) in [6.07, 6.45) is -0.161. The minimum Gasteiger partial charge on any atom is -0.462 e. The number of carbonyl (C=O) groups excluding carboxylic acids is 3. The van der Waals surface area contributed by atoms with Crippen LogP contribution in [0.2, 0.25) is 0 Å². The largest absolute Gasteiger partial charge is 0.462 e. The molecular weight excluding hydrogens is 270 g/mol. The standard InChI is InChI=1S/C11H19N3O4S/c1-6(2)18-10(16)7(3)13-19-5-8-9(15)14(4)11(17)12-8/h6-8,13H,5H2,1-4H3,(H,12,17)/t7-,8+/m0/s1. The average molecular weight is 289 g/mol. The van der Waals surface area contributed by atoms with Gasteiger partial charge in [0.1, 0.15) is 12.1 Å². The van der Waals surface area contributed by atoms with E-state index in [0.717, 1.165) is 4.90 Å². The fourth-order valence-electron chi connectivity index (χ4n) is 1.39. The number of ether oxygens (including phenoxy) is 1. The van der Waals surface area contributed by atoms with Gasteiger partial charge in [-0.1, -0.05) is 11.9 Å². The highest BCUT2D eigenvalue weighted by atomic mass is 32.2. The van der Waals surface area contributed by atoms with Crippen LogP contribution in [0.4, 0.5) is 4.79 Å². The van der Waals surface area contributed by atoms with Crippen molar-refractivity contribution in [3.8, 4) is 0 Å². The number of likely N-dealkylation sites (N-methyl/N-ethyl adjacent to an activating group) is 1. The van der Waals surface area contributed by atoms with Crippen molar-refractivity contribution >= 4 is 29.9 Å². The summed E-state index contributed by atoms with van der Waals surface area (Å²) in [5, 5.41) is 2.55. The van der Waals surface area contributed by atoms with Gasteiger partial charge in [-0.25, -0.2) is 4.79 Å². The Morgan fingerprint density at radius 1 is 1.47 bits per heavy atom. The molecule has 0 saturated carbocycles. The first kappa shape index (κ1) is 15.8. The predicted octanol–water partition coefficient (Wildman–Crippen LogP) is 0.115. The van der Waals surface area contributed by atoms with E-state index in [1.807, 2.05) is 0 Å². The number of carbonyl (C=O) groups is 3. The summed E-state index contributed by atoms with van der Waals surface area (Å²) in [5.41, 5.74) is 0. The lowest BCUT2D eigenvalue weighted by atomic mass is 10.3. The van der Waals surface area contributed by atoms with Crippen LogP contribution in [0.25, 0.3) is 0 Å². The Morgan fingerprint density at radius 3 is 2.58 bits per heavy atom. The van der Waals surface area contributed by atoms with Crippen molar-refractivity contribution in [3.63, 3.8) is 0 Å². The van der Waals surface area contributed by atoms with Crippen molar-refractivity contribution in [1.29, 1.82) is 0 Å². The van der Waals surface area contributed by atoms with Crippen LogP contribution in [-0.2, 0) is 14.3 Å². The van der Waals surface area contributed by atoms with Crippen LogP contribution >= 0.6 is 11.9 Å². The highest BCUT2D eigenvalue weighted by Crippen LogP contribution is 2.09. The summed E-state index contributed by atoms with van der Waals surface area (Å²) in [6.45, 7) is 5.24. The fourth-order valence-corrected chi connectivity index (χ4v) is 2.23. The average Bonchev–Trinajstić information content (AvgIpc) is 2.56. The molecule has 19 heavy (non-hydrogen) atoms. The highest BCUT2D eigenvalue weighted by Gasteiger charge is 2.35. The van der Waals surface area contributed by atoms with Gasteiger partial charge in [0.05, 0.1) is 6.10 Å². The maximum Gasteiger partial charge on any atom is 0.324 e. The van der Waals surface area contributed by atoms with E-state index in [4.69, 9.17) is 4.74 Å². The van der Waals surface area contributed by atoms with Gasteiger partial charge in [0.25, 0.3) is 5.91 Å². The molecule has 8 heteroatoms. The number of hydrogen-bond acceptors (Lipinski definition) is 6. The molecule has 0 aromatic heterocycles. The van der Waals surface area contributed by atoms with Gasteiger partial charge in [-0.05, 0) is 20.8 Å². The second kappa shape index (κ2) is 6.76. The predicted molar refractivity (Wildman–Crippen MR) is 71.4 cm³/mol. The van der Waals surface area contributed by atoms with Crippen LogP contribution in [-0.4, -0.2) is 53.8 Å². The number of esters is 1. The number of amides is 3. The lowest BCUT2D eigenvalue weighted by Gasteiger charge is -2.15. The molecule has 0 bridgehead atoms. The molecule has 1 rings (SSSR count). The highest BCUT2D eigenvalue weighted by molar-refractivity contribution is 7.97. The molecule has 0 unspecified atom stereocenters. The molecule has 0 aromatic rings. The van der Waals surface area contributed by atoms with Gasteiger partial charge in [0.2, 0.25) is 0 Å². The Kier molecular flexibility index (Phi) is 5.61. The van der Waals surface area contributed by atoms with Crippen molar-refractivity contribution in [2.45, 2.75) is 39.0 Å². The van der Waals surface area contributed by atoms with Crippen LogP contribution < -0.4 is 10.0 Å². The molecule has 1 aliphatic heterocycles. The minimum atomic E-state index is -0.552. The Balaban J connectivity index is 2.29. The van der Waals surface area contributed by atoms with Crippen molar-refractivity contribution in [2.75, 3.05) is 12.8 Å². The Hall–Kier alpha value is -1.28. The fraction of sp³-hybridized carbons (Fsp3) is 0.727. The summed E-state index contributed by atoms with van der Waals surface area (Å²) in [7, 11) is 1.43. The second-order valence-electron chi connectivity index (χ2n) is 4.54. The topological polar surface area (TPSA) is 87.7 Å². The molecule has 108 valence electrons. The maximum absolute atomic E-state index is 11.6. The summed E-state index contributed by atoms with van der Waals surface area (Å²) < 4.78 is 7.92. The molecule has 0 aliphatic carbocycles. The molecule has 2 atom stereocenters. The number of hydrogen-bond donors (Lipinski definition) is 2. The number of rotatable bonds is 6. The van der Waals surface area contributed by atoms with Crippen molar-refractivity contribution in [2.24, 2.45) is 0 Å².